The predicted octanol–water partition coefficient (Wildman–Crippen LogP) is 2.58. The first kappa shape index (κ1) is 16.4. The van der Waals surface area contributed by atoms with E-state index in [9.17, 15) is 14.7 Å². The first-order chi connectivity index (χ1) is 11.0. The lowest BCUT2D eigenvalue weighted by Crippen LogP contribution is -2.30. The number of carbonyl (C=O) groups excluding carboxylic acids is 2. The van der Waals surface area contributed by atoms with Crippen LogP contribution in [0.1, 0.15) is 17.3 Å². The van der Waals surface area contributed by atoms with Crippen molar-refractivity contribution in [1.82, 2.24) is 0 Å². The Balaban J connectivity index is 1.99. The highest BCUT2D eigenvalue weighted by molar-refractivity contribution is 5.98. The molecule has 23 heavy (non-hydrogen) atoms. The van der Waals surface area contributed by atoms with E-state index in [1.807, 2.05) is 0 Å². The summed E-state index contributed by atoms with van der Waals surface area (Å²) in [5.74, 6) is -0.849. The summed E-state index contributed by atoms with van der Waals surface area (Å²) in [6.45, 7) is 1.45. The van der Waals surface area contributed by atoms with Crippen molar-refractivity contribution in [3.05, 3.63) is 54.1 Å². The van der Waals surface area contributed by atoms with Crippen molar-refractivity contribution >= 4 is 17.6 Å². The summed E-state index contributed by atoms with van der Waals surface area (Å²) in [5, 5.41) is 12.2. The topological polar surface area (TPSA) is 84.9 Å². The lowest BCUT2D eigenvalue weighted by molar-refractivity contribution is -0.123. The molecule has 2 aromatic carbocycles. The molecule has 120 valence electrons. The van der Waals surface area contributed by atoms with Crippen LogP contribution in [-0.4, -0.2) is 30.2 Å². The van der Waals surface area contributed by atoms with Crippen molar-refractivity contribution in [2.24, 2.45) is 0 Å². The number of hydrogen-bond donors (Lipinski definition) is 2. The Kier molecular flexibility index (Phi) is 5.19. The second kappa shape index (κ2) is 7.31. The standard InChI is InChI=1S/C17H17NO5/c1-11(23-17(21)14-8-3-4-9-15(14)19)16(20)18-12-6-5-7-13(10-12)22-2/h3-11,19H,1-2H3,(H,18,20)/t11-/m0/s1. The maximum Gasteiger partial charge on any atom is 0.342 e. The van der Waals surface area contributed by atoms with Crippen LogP contribution in [0.5, 0.6) is 11.5 Å². The van der Waals surface area contributed by atoms with E-state index < -0.39 is 18.0 Å². The minimum absolute atomic E-state index is 0.00790. The first-order valence-electron chi connectivity index (χ1n) is 6.95. The van der Waals surface area contributed by atoms with Crippen molar-refractivity contribution in [3.8, 4) is 11.5 Å². The van der Waals surface area contributed by atoms with Crippen LogP contribution >= 0.6 is 0 Å². The third-order valence-electron chi connectivity index (χ3n) is 3.11. The van der Waals surface area contributed by atoms with E-state index in [2.05, 4.69) is 5.32 Å². The summed E-state index contributed by atoms with van der Waals surface area (Å²) in [6, 6.07) is 12.8. The van der Waals surface area contributed by atoms with Crippen LogP contribution in [0.3, 0.4) is 0 Å². The Morgan fingerprint density at radius 2 is 1.87 bits per heavy atom. The molecule has 0 saturated carbocycles. The van der Waals surface area contributed by atoms with Gasteiger partial charge in [-0.2, -0.15) is 0 Å². The summed E-state index contributed by atoms with van der Waals surface area (Å²) in [5.41, 5.74) is 0.535. The Hall–Kier alpha value is -3.02. The molecule has 6 nitrogen and oxygen atoms in total. The molecule has 1 atom stereocenters. The van der Waals surface area contributed by atoms with Crippen molar-refractivity contribution in [2.45, 2.75) is 13.0 Å². The Bertz CT molecular complexity index is 714. The number of esters is 1. The van der Waals surface area contributed by atoms with Crippen molar-refractivity contribution < 1.29 is 24.2 Å². The highest BCUT2D eigenvalue weighted by atomic mass is 16.5. The minimum Gasteiger partial charge on any atom is -0.507 e. The van der Waals surface area contributed by atoms with E-state index in [1.54, 1.807) is 36.4 Å². The van der Waals surface area contributed by atoms with Crippen molar-refractivity contribution in [1.29, 1.82) is 0 Å². The molecule has 2 rings (SSSR count). The van der Waals surface area contributed by atoms with Gasteiger partial charge in [-0.1, -0.05) is 18.2 Å². The highest BCUT2D eigenvalue weighted by Gasteiger charge is 2.20. The second-order valence-electron chi connectivity index (χ2n) is 4.79. The lowest BCUT2D eigenvalue weighted by atomic mass is 10.2. The van der Waals surface area contributed by atoms with E-state index >= 15 is 0 Å². The Morgan fingerprint density at radius 3 is 2.57 bits per heavy atom. The van der Waals surface area contributed by atoms with Crippen LogP contribution in [0.4, 0.5) is 5.69 Å². The van der Waals surface area contributed by atoms with Gasteiger partial charge < -0.3 is 19.9 Å². The molecular formula is C17H17NO5. The molecule has 0 aliphatic carbocycles. The van der Waals surface area contributed by atoms with Gasteiger partial charge >= 0.3 is 5.97 Å². The first-order valence-corrected chi connectivity index (χ1v) is 6.95. The van der Waals surface area contributed by atoms with E-state index in [-0.39, 0.29) is 11.3 Å². The maximum absolute atomic E-state index is 12.1. The molecule has 0 bridgehead atoms. The second-order valence-corrected chi connectivity index (χ2v) is 4.79. The number of phenols is 1. The molecule has 0 unspecified atom stereocenters. The van der Waals surface area contributed by atoms with Gasteiger partial charge in [0, 0.05) is 11.8 Å². The van der Waals surface area contributed by atoms with E-state index in [0.29, 0.717) is 11.4 Å². The van der Waals surface area contributed by atoms with Crippen LogP contribution in [0.2, 0.25) is 0 Å². The molecule has 0 aliphatic rings. The largest absolute Gasteiger partial charge is 0.507 e. The SMILES string of the molecule is COc1cccc(NC(=O)[C@H](C)OC(=O)c2ccccc2O)c1. The number of anilines is 1. The summed E-state index contributed by atoms with van der Waals surface area (Å²) >= 11 is 0. The molecule has 2 N–H and O–H groups in total. The van der Waals surface area contributed by atoms with Gasteiger partial charge in [-0.25, -0.2) is 4.79 Å². The zero-order valence-corrected chi connectivity index (χ0v) is 12.8. The van der Waals surface area contributed by atoms with Gasteiger partial charge in [0.25, 0.3) is 5.91 Å². The molecule has 0 spiro atoms. The summed E-state index contributed by atoms with van der Waals surface area (Å²) in [6.07, 6.45) is -1.02. The van der Waals surface area contributed by atoms with E-state index in [0.717, 1.165) is 0 Å². The average molecular weight is 315 g/mol. The fourth-order valence-electron chi connectivity index (χ4n) is 1.87. The number of amides is 1. The number of carbonyl (C=O) groups is 2. The van der Waals surface area contributed by atoms with Crippen LogP contribution < -0.4 is 10.1 Å². The lowest BCUT2D eigenvalue weighted by Gasteiger charge is -2.14. The van der Waals surface area contributed by atoms with Gasteiger partial charge in [0.1, 0.15) is 17.1 Å². The van der Waals surface area contributed by atoms with E-state index in [1.165, 1.54) is 26.2 Å². The van der Waals surface area contributed by atoms with Crippen LogP contribution in [0.25, 0.3) is 0 Å². The van der Waals surface area contributed by atoms with E-state index in [4.69, 9.17) is 9.47 Å². The average Bonchev–Trinajstić information content (AvgIpc) is 2.55. The number of phenolic OH excluding ortho intramolecular Hbond substituents is 1. The molecule has 0 aliphatic heterocycles. The molecule has 0 aromatic heterocycles. The third-order valence-corrected chi connectivity index (χ3v) is 3.11. The molecule has 0 heterocycles. The number of methoxy groups -OCH3 is 1. The van der Waals surface area contributed by atoms with Crippen LogP contribution in [0, 0.1) is 0 Å². The molecule has 6 heteroatoms. The maximum atomic E-state index is 12.1. The van der Waals surface area contributed by atoms with Crippen molar-refractivity contribution in [3.63, 3.8) is 0 Å². The van der Waals surface area contributed by atoms with Gasteiger partial charge in [-0.05, 0) is 31.2 Å². The Morgan fingerprint density at radius 1 is 1.13 bits per heavy atom. The number of aromatic hydroxyl groups is 1. The molecule has 0 radical (unpaired) electrons. The van der Waals surface area contributed by atoms with Gasteiger partial charge in [0.05, 0.1) is 7.11 Å². The van der Waals surface area contributed by atoms with Gasteiger partial charge in [-0.15, -0.1) is 0 Å². The normalized spacial score (nSPS) is 11.4. The number of para-hydroxylation sites is 1. The third kappa shape index (κ3) is 4.23. The summed E-state index contributed by atoms with van der Waals surface area (Å²) in [4.78, 5) is 24.0. The fourth-order valence-corrected chi connectivity index (χ4v) is 1.87. The number of ether oxygens (including phenoxy) is 2. The molecule has 0 saturated heterocycles. The van der Waals surface area contributed by atoms with Crippen LogP contribution in [0.15, 0.2) is 48.5 Å². The van der Waals surface area contributed by atoms with Crippen LogP contribution in [-0.2, 0) is 9.53 Å². The molecule has 0 fully saturated rings. The molecular weight excluding hydrogens is 298 g/mol. The quantitative estimate of drug-likeness (QED) is 0.828. The number of hydrogen-bond acceptors (Lipinski definition) is 5. The van der Waals surface area contributed by atoms with Crippen molar-refractivity contribution in [2.75, 3.05) is 12.4 Å². The highest BCUT2D eigenvalue weighted by Crippen LogP contribution is 2.19. The fraction of sp³-hybridized carbons (Fsp3) is 0.176. The van der Waals surface area contributed by atoms with Gasteiger partial charge in [0.15, 0.2) is 6.10 Å². The zero-order chi connectivity index (χ0) is 16.8. The smallest absolute Gasteiger partial charge is 0.342 e. The number of benzene rings is 2. The monoisotopic (exact) mass is 315 g/mol. The summed E-state index contributed by atoms with van der Waals surface area (Å²) in [7, 11) is 1.53. The Labute approximate surface area is 133 Å². The molecule has 2 aromatic rings. The summed E-state index contributed by atoms with van der Waals surface area (Å²) < 4.78 is 10.1. The number of rotatable bonds is 5. The minimum atomic E-state index is -1.02. The van der Waals surface area contributed by atoms with Gasteiger partial charge in [0.2, 0.25) is 0 Å². The number of nitrogens with one attached hydrogen (secondary N) is 1. The van der Waals surface area contributed by atoms with Gasteiger partial charge in [-0.3, -0.25) is 4.79 Å². The predicted molar refractivity (Wildman–Crippen MR) is 84.6 cm³/mol. The zero-order valence-electron chi connectivity index (χ0n) is 12.8. The molecule has 1 amide bonds.